The van der Waals surface area contributed by atoms with Crippen LogP contribution in [0.15, 0.2) is 72.7 Å². The van der Waals surface area contributed by atoms with Gasteiger partial charge in [-0.25, -0.2) is 13.4 Å². The Labute approximate surface area is 224 Å². The van der Waals surface area contributed by atoms with E-state index >= 15 is 0 Å². The van der Waals surface area contributed by atoms with Gasteiger partial charge in [0.25, 0.3) is 5.91 Å². The zero-order valence-electron chi connectivity index (χ0n) is 20.9. The van der Waals surface area contributed by atoms with Gasteiger partial charge >= 0.3 is 0 Å². The molecule has 0 aliphatic rings. The summed E-state index contributed by atoms with van der Waals surface area (Å²) >= 11 is 1.48. The summed E-state index contributed by atoms with van der Waals surface area (Å²) in [5, 5.41) is 0.634. The van der Waals surface area contributed by atoms with Gasteiger partial charge in [-0.2, -0.15) is 4.31 Å². The lowest BCUT2D eigenvalue weighted by Gasteiger charge is -2.22. The minimum absolute atomic E-state index is 0. The highest BCUT2D eigenvalue weighted by Crippen LogP contribution is 2.31. The van der Waals surface area contributed by atoms with E-state index in [0.717, 1.165) is 28.7 Å². The number of benzene rings is 2. The first kappa shape index (κ1) is 29.7. The third-order valence-electron chi connectivity index (χ3n) is 5.40. The van der Waals surface area contributed by atoms with Crippen LogP contribution in [0.2, 0.25) is 0 Å². The van der Waals surface area contributed by atoms with Crippen LogP contribution >= 0.6 is 23.7 Å². The largest absolute Gasteiger partial charge is 0.309 e. The molecule has 0 aliphatic heterocycles. The van der Waals surface area contributed by atoms with Gasteiger partial charge in [-0.3, -0.25) is 9.69 Å². The van der Waals surface area contributed by atoms with Crippen molar-refractivity contribution in [2.75, 3.05) is 45.2 Å². The Hall–Kier alpha value is -2.56. The van der Waals surface area contributed by atoms with Crippen molar-refractivity contribution in [3.8, 4) is 0 Å². The lowest BCUT2D eigenvalue weighted by Crippen LogP contribution is -2.33. The molecule has 3 rings (SSSR count). The van der Waals surface area contributed by atoms with Crippen molar-refractivity contribution in [1.29, 1.82) is 0 Å². The van der Waals surface area contributed by atoms with Crippen molar-refractivity contribution in [2.24, 2.45) is 0 Å². The number of anilines is 1. The van der Waals surface area contributed by atoms with E-state index in [1.807, 2.05) is 33.2 Å². The number of thiazole rings is 1. The van der Waals surface area contributed by atoms with Crippen LogP contribution in [0, 0.1) is 6.92 Å². The van der Waals surface area contributed by atoms with Crippen molar-refractivity contribution >= 4 is 55.0 Å². The number of carbonyl (C=O) groups excluding carboxylic acids is 1. The molecule has 0 saturated heterocycles. The van der Waals surface area contributed by atoms with Gasteiger partial charge < -0.3 is 4.90 Å². The van der Waals surface area contributed by atoms with Gasteiger partial charge in [0.15, 0.2) is 5.13 Å². The highest BCUT2D eigenvalue weighted by molar-refractivity contribution is 7.89. The Morgan fingerprint density at radius 1 is 1.03 bits per heavy atom. The number of rotatable bonds is 12. The number of amides is 1. The number of fused-ring (bicyclic) bond motifs is 1. The molecule has 0 unspecified atom stereocenters. The van der Waals surface area contributed by atoms with E-state index in [1.165, 1.54) is 39.9 Å². The molecule has 0 aliphatic carbocycles. The summed E-state index contributed by atoms with van der Waals surface area (Å²) in [5.74, 6) is -0.211. The Morgan fingerprint density at radius 2 is 1.67 bits per heavy atom. The van der Waals surface area contributed by atoms with Gasteiger partial charge in [0.1, 0.15) is 0 Å². The summed E-state index contributed by atoms with van der Waals surface area (Å²) < 4.78 is 28.3. The molecule has 3 aromatic rings. The van der Waals surface area contributed by atoms with Crippen molar-refractivity contribution in [3.05, 3.63) is 78.9 Å². The molecule has 36 heavy (non-hydrogen) atoms. The average molecular weight is 549 g/mol. The highest BCUT2D eigenvalue weighted by atomic mass is 35.5. The minimum Gasteiger partial charge on any atom is -0.309 e. The molecule has 7 nitrogen and oxygen atoms in total. The number of aromatic nitrogens is 1. The maximum atomic E-state index is 13.6. The second-order valence-electron chi connectivity index (χ2n) is 8.50. The molecule has 10 heteroatoms. The fraction of sp³-hybridized carbons (Fsp3) is 0.308. The monoisotopic (exact) mass is 548 g/mol. The lowest BCUT2D eigenvalue weighted by atomic mass is 10.2. The van der Waals surface area contributed by atoms with Gasteiger partial charge in [-0.15, -0.1) is 25.6 Å². The molecule has 0 fully saturated rings. The predicted octanol–water partition coefficient (Wildman–Crippen LogP) is 4.99. The van der Waals surface area contributed by atoms with Gasteiger partial charge in [-0.05, 0) is 75.9 Å². The summed E-state index contributed by atoms with van der Waals surface area (Å²) in [4.78, 5) is 22.1. The second kappa shape index (κ2) is 13.1. The summed E-state index contributed by atoms with van der Waals surface area (Å²) in [6, 6.07) is 12.1. The maximum Gasteiger partial charge on any atom is 0.260 e. The van der Waals surface area contributed by atoms with E-state index in [9.17, 15) is 13.2 Å². The van der Waals surface area contributed by atoms with Gasteiger partial charge in [0.05, 0.1) is 15.1 Å². The van der Waals surface area contributed by atoms with E-state index in [1.54, 1.807) is 17.0 Å². The second-order valence-corrected chi connectivity index (χ2v) is 11.5. The third-order valence-corrected chi connectivity index (χ3v) is 8.29. The van der Waals surface area contributed by atoms with Crippen molar-refractivity contribution in [2.45, 2.75) is 18.2 Å². The molecule has 2 aromatic carbocycles. The number of sulfonamides is 1. The zero-order valence-corrected chi connectivity index (χ0v) is 23.3. The quantitative estimate of drug-likeness (QED) is 0.298. The van der Waals surface area contributed by atoms with E-state index in [2.05, 4.69) is 24.1 Å². The molecule has 0 atom stereocenters. The molecule has 0 bridgehead atoms. The Bertz CT molecular complexity index is 1290. The minimum atomic E-state index is -3.74. The van der Waals surface area contributed by atoms with Crippen molar-refractivity contribution in [3.63, 3.8) is 0 Å². The third kappa shape index (κ3) is 7.02. The Kier molecular flexibility index (Phi) is 10.8. The number of aryl methyl sites for hydroxylation is 1. The molecule has 0 saturated carbocycles. The normalized spacial score (nSPS) is 11.5. The van der Waals surface area contributed by atoms with Crippen LogP contribution in [0.3, 0.4) is 0 Å². The zero-order chi connectivity index (χ0) is 25.6. The fourth-order valence-electron chi connectivity index (χ4n) is 3.60. The van der Waals surface area contributed by atoms with E-state index in [-0.39, 0.29) is 36.3 Å². The fourth-order valence-corrected chi connectivity index (χ4v) is 6.07. The molecule has 0 spiro atoms. The van der Waals surface area contributed by atoms with Crippen LogP contribution in [0.4, 0.5) is 5.13 Å². The summed E-state index contributed by atoms with van der Waals surface area (Å²) in [7, 11) is 0.252. The first-order valence-electron chi connectivity index (χ1n) is 11.3. The number of halogens is 1. The Morgan fingerprint density at radius 3 is 2.25 bits per heavy atom. The Balaban J connectivity index is 0.00000456. The van der Waals surface area contributed by atoms with Crippen LogP contribution in [0.5, 0.6) is 0 Å². The predicted molar refractivity (Wildman–Crippen MR) is 152 cm³/mol. The lowest BCUT2D eigenvalue weighted by molar-refractivity contribution is 0.0986. The van der Waals surface area contributed by atoms with Gasteiger partial charge in [0, 0.05) is 25.2 Å². The molecule has 1 heterocycles. The van der Waals surface area contributed by atoms with Crippen molar-refractivity contribution < 1.29 is 13.2 Å². The van der Waals surface area contributed by atoms with E-state index in [0.29, 0.717) is 17.2 Å². The summed E-state index contributed by atoms with van der Waals surface area (Å²) in [6.07, 6.45) is 3.84. The molecule has 194 valence electrons. The van der Waals surface area contributed by atoms with E-state index in [4.69, 9.17) is 4.98 Å². The summed E-state index contributed by atoms with van der Waals surface area (Å²) in [5.41, 5.74) is 2.40. The average Bonchev–Trinajstić information content (AvgIpc) is 3.24. The first-order chi connectivity index (χ1) is 16.7. The number of hydrogen-bond donors (Lipinski definition) is 0. The number of nitrogens with zero attached hydrogens (tertiary/aromatic N) is 4. The van der Waals surface area contributed by atoms with Crippen LogP contribution in [-0.2, 0) is 10.0 Å². The van der Waals surface area contributed by atoms with Crippen LogP contribution in [-0.4, -0.2) is 68.8 Å². The topological polar surface area (TPSA) is 73.8 Å². The summed E-state index contributed by atoms with van der Waals surface area (Å²) in [6.45, 7) is 11.0. The van der Waals surface area contributed by atoms with Gasteiger partial charge in [0.2, 0.25) is 10.0 Å². The van der Waals surface area contributed by atoms with Crippen LogP contribution in [0.25, 0.3) is 10.2 Å². The molecule has 0 radical (unpaired) electrons. The molecular weight excluding hydrogens is 516 g/mol. The highest BCUT2D eigenvalue weighted by Gasteiger charge is 2.25. The smallest absolute Gasteiger partial charge is 0.260 e. The van der Waals surface area contributed by atoms with Crippen molar-refractivity contribution in [1.82, 2.24) is 14.2 Å². The standard InChI is InChI=1S/C26H32N4O3S2.ClH/c1-6-15-29(16-7-2)35(32,33)22-12-10-21(11-13-22)25(31)30(18-8-17-28(4)5)26-27-23-14-9-20(3)19-24(23)34-26;/h6-7,9-14,19H,1-2,8,15-18H2,3-5H3;1H. The van der Waals surface area contributed by atoms with E-state index < -0.39 is 10.0 Å². The maximum absolute atomic E-state index is 13.6. The molecule has 0 N–H and O–H groups in total. The van der Waals surface area contributed by atoms with Crippen LogP contribution < -0.4 is 4.90 Å². The van der Waals surface area contributed by atoms with Gasteiger partial charge in [-0.1, -0.05) is 29.6 Å². The molecular formula is C26H33ClN4O3S2. The SMILES string of the molecule is C=CCN(CC=C)S(=O)(=O)c1ccc(C(=O)N(CCCN(C)C)c2nc3ccc(C)cc3s2)cc1.Cl. The molecule has 1 amide bonds. The molecule has 1 aromatic heterocycles. The first-order valence-corrected chi connectivity index (χ1v) is 13.6. The number of hydrogen-bond acceptors (Lipinski definition) is 6. The number of carbonyl (C=O) groups is 1. The van der Waals surface area contributed by atoms with Crippen LogP contribution in [0.1, 0.15) is 22.3 Å².